The molecule has 8 heteroatoms. The number of aliphatic hydroxyl groups excluding tert-OH is 1. The van der Waals surface area contributed by atoms with Crippen molar-refractivity contribution in [3.63, 3.8) is 0 Å². The van der Waals surface area contributed by atoms with Crippen LogP contribution in [0.15, 0.2) is 41.4 Å². The lowest BCUT2D eigenvalue weighted by atomic mass is 10.2. The molecule has 2 aromatic rings. The van der Waals surface area contributed by atoms with Crippen molar-refractivity contribution in [2.45, 2.75) is 11.5 Å². The van der Waals surface area contributed by atoms with Gasteiger partial charge in [0, 0.05) is 11.8 Å². The van der Waals surface area contributed by atoms with Crippen molar-refractivity contribution in [3.05, 3.63) is 47.8 Å². The molecule has 1 aromatic heterocycles. The summed E-state index contributed by atoms with van der Waals surface area (Å²) in [6.45, 7) is -0.313. The average Bonchev–Trinajstić information content (AvgIpc) is 2.89. The lowest BCUT2D eigenvalue weighted by Gasteiger charge is -2.09. The van der Waals surface area contributed by atoms with Crippen LogP contribution < -0.4 is 4.72 Å². The first kappa shape index (κ1) is 14.1. The van der Waals surface area contributed by atoms with Crippen LogP contribution in [0.3, 0.4) is 0 Å². The predicted molar refractivity (Wildman–Crippen MR) is 70.9 cm³/mol. The van der Waals surface area contributed by atoms with Crippen LogP contribution in [0.2, 0.25) is 0 Å². The van der Waals surface area contributed by atoms with Crippen LogP contribution in [-0.2, 0) is 16.6 Å². The van der Waals surface area contributed by atoms with E-state index in [1.807, 2.05) is 0 Å². The number of rotatable bonds is 5. The molecule has 0 atom stereocenters. The van der Waals surface area contributed by atoms with E-state index in [4.69, 9.17) is 10.2 Å². The molecule has 4 N–H and O–H groups in total. The van der Waals surface area contributed by atoms with Gasteiger partial charge >= 0.3 is 5.97 Å². The molecular formula is C12H12N2O5S. The van der Waals surface area contributed by atoms with Gasteiger partial charge in [-0.1, -0.05) is 18.2 Å². The number of anilines is 1. The van der Waals surface area contributed by atoms with Crippen molar-refractivity contribution >= 4 is 21.7 Å². The molecular weight excluding hydrogens is 284 g/mol. The Balaban J connectivity index is 2.33. The van der Waals surface area contributed by atoms with Gasteiger partial charge in [0.1, 0.15) is 10.6 Å². The maximum atomic E-state index is 12.1. The molecule has 0 aliphatic heterocycles. The molecule has 0 bridgehead atoms. The summed E-state index contributed by atoms with van der Waals surface area (Å²) in [5.41, 5.74) is 0.443. The van der Waals surface area contributed by atoms with Gasteiger partial charge in [-0.25, -0.2) is 13.2 Å². The van der Waals surface area contributed by atoms with Crippen LogP contribution in [0, 0.1) is 0 Å². The highest BCUT2D eigenvalue weighted by atomic mass is 32.2. The molecule has 20 heavy (non-hydrogen) atoms. The monoisotopic (exact) mass is 296 g/mol. The molecule has 1 aromatic carbocycles. The quantitative estimate of drug-likeness (QED) is 0.656. The zero-order valence-electron chi connectivity index (χ0n) is 10.2. The van der Waals surface area contributed by atoms with Gasteiger partial charge < -0.3 is 15.2 Å². The number of carbonyl (C=O) groups is 1. The molecule has 0 fully saturated rings. The minimum atomic E-state index is -3.91. The Morgan fingerprint density at radius 3 is 2.60 bits per heavy atom. The van der Waals surface area contributed by atoms with E-state index in [1.165, 1.54) is 6.07 Å². The highest BCUT2D eigenvalue weighted by Crippen LogP contribution is 2.20. The van der Waals surface area contributed by atoms with Crippen molar-refractivity contribution in [2.24, 2.45) is 0 Å². The zero-order chi connectivity index (χ0) is 14.8. The standard InChI is InChI=1S/C12H12N2O5S/c15-7-8-3-1-2-4-10(8)14-20(18,19)9-5-11(12(16)17)13-6-9/h1-6,13-15H,7H2,(H,16,17). The number of aromatic nitrogens is 1. The number of carboxylic acid groups (broad SMARTS) is 1. The van der Waals surface area contributed by atoms with Gasteiger partial charge in [0.15, 0.2) is 0 Å². The summed E-state index contributed by atoms with van der Waals surface area (Å²) in [5.74, 6) is -1.25. The fourth-order valence-electron chi connectivity index (χ4n) is 1.61. The number of sulfonamides is 1. The van der Waals surface area contributed by atoms with Crippen molar-refractivity contribution < 1.29 is 23.4 Å². The molecule has 2 rings (SSSR count). The summed E-state index contributed by atoms with van der Waals surface area (Å²) in [7, 11) is -3.91. The Morgan fingerprint density at radius 1 is 1.30 bits per heavy atom. The van der Waals surface area contributed by atoms with E-state index in [1.54, 1.807) is 18.2 Å². The molecule has 0 radical (unpaired) electrons. The van der Waals surface area contributed by atoms with E-state index < -0.39 is 16.0 Å². The highest BCUT2D eigenvalue weighted by Gasteiger charge is 2.19. The number of hydrogen-bond donors (Lipinski definition) is 4. The summed E-state index contributed by atoms with van der Waals surface area (Å²) in [5, 5.41) is 17.9. The fourth-order valence-corrected chi connectivity index (χ4v) is 2.71. The van der Waals surface area contributed by atoms with Crippen molar-refractivity contribution in [2.75, 3.05) is 4.72 Å². The van der Waals surface area contributed by atoms with Gasteiger partial charge in [-0.05, 0) is 12.1 Å². The van der Waals surface area contributed by atoms with Gasteiger partial charge in [0.05, 0.1) is 12.3 Å². The number of aromatic amines is 1. The van der Waals surface area contributed by atoms with Crippen LogP contribution in [0.25, 0.3) is 0 Å². The Kier molecular flexibility index (Phi) is 3.77. The molecule has 106 valence electrons. The molecule has 0 saturated carbocycles. The van der Waals surface area contributed by atoms with Crippen LogP contribution in [-0.4, -0.2) is 29.6 Å². The van der Waals surface area contributed by atoms with Crippen LogP contribution in [0.1, 0.15) is 16.1 Å². The topological polar surface area (TPSA) is 119 Å². The van der Waals surface area contributed by atoms with Crippen molar-refractivity contribution in [1.29, 1.82) is 0 Å². The average molecular weight is 296 g/mol. The van der Waals surface area contributed by atoms with Crippen LogP contribution in [0.5, 0.6) is 0 Å². The van der Waals surface area contributed by atoms with Crippen molar-refractivity contribution in [1.82, 2.24) is 4.98 Å². The SMILES string of the molecule is O=C(O)c1cc(S(=O)(=O)Nc2ccccc2CO)c[nH]1. The number of hydrogen-bond acceptors (Lipinski definition) is 4. The van der Waals surface area contributed by atoms with Gasteiger partial charge in [0.2, 0.25) is 0 Å². The van der Waals surface area contributed by atoms with Crippen LogP contribution >= 0.6 is 0 Å². The summed E-state index contributed by atoms with van der Waals surface area (Å²) >= 11 is 0. The minimum Gasteiger partial charge on any atom is -0.477 e. The van der Waals surface area contributed by atoms with E-state index in [9.17, 15) is 13.2 Å². The third-order valence-corrected chi connectivity index (χ3v) is 3.97. The summed E-state index contributed by atoms with van der Waals surface area (Å²) in [4.78, 5) is 12.9. The van der Waals surface area contributed by atoms with E-state index in [0.717, 1.165) is 12.3 Å². The number of H-pyrrole nitrogens is 1. The summed E-state index contributed by atoms with van der Waals surface area (Å²) < 4.78 is 26.5. The Morgan fingerprint density at radius 2 is 2.00 bits per heavy atom. The first-order valence-corrected chi connectivity index (χ1v) is 7.05. The number of carboxylic acids is 1. The normalized spacial score (nSPS) is 11.2. The third kappa shape index (κ3) is 2.81. The van der Waals surface area contributed by atoms with Gasteiger partial charge in [-0.3, -0.25) is 4.72 Å². The molecule has 0 saturated heterocycles. The zero-order valence-corrected chi connectivity index (χ0v) is 11.0. The Hall–Kier alpha value is -2.32. The lowest BCUT2D eigenvalue weighted by molar-refractivity contribution is 0.0691. The predicted octanol–water partition coefficient (Wildman–Crippen LogP) is 1.01. The Bertz CT molecular complexity index is 736. The van der Waals surface area contributed by atoms with Gasteiger partial charge in [0.25, 0.3) is 10.0 Å². The minimum absolute atomic E-state index is 0.192. The molecule has 0 aliphatic carbocycles. The highest BCUT2D eigenvalue weighted by molar-refractivity contribution is 7.92. The van der Waals surface area contributed by atoms with E-state index >= 15 is 0 Å². The molecule has 7 nitrogen and oxygen atoms in total. The third-order valence-electron chi connectivity index (χ3n) is 2.63. The van der Waals surface area contributed by atoms with Gasteiger partial charge in [-0.15, -0.1) is 0 Å². The fraction of sp³-hybridized carbons (Fsp3) is 0.0833. The first-order chi connectivity index (χ1) is 9.44. The van der Waals surface area contributed by atoms with Crippen LogP contribution in [0.4, 0.5) is 5.69 Å². The van der Waals surface area contributed by atoms with E-state index in [0.29, 0.717) is 5.56 Å². The van der Waals surface area contributed by atoms with E-state index in [-0.39, 0.29) is 22.9 Å². The number of benzene rings is 1. The summed E-state index contributed by atoms with van der Waals surface area (Å²) in [6.07, 6.45) is 1.09. The number of aromatic carboxylic acids is 1. The Labute approximate surface area is 114 Å². The molecule has 1 heterocycles. The molecule has 0 unspecified atom stereocenters. The van der Waals surface area contributed by atoms with Gasteiger partial charge in [-0.2, -0.15) is 0 Å². The lowest BCUT2D eigenvalue weighted by Crippen LogP contribution is -2.13. The second kappa shape index (κ2) is 5.35. The van der Waals surface area contributed by atoms with E-state index in [2.05, 4.69) is 9.71 Å². The first-order valence-electron chi connectivity index (χ1n) is 5.57. The second-order valence-electron chi connectivity index (χ2n) is 3.97. The van der Waals surface area contributed by atoms with Crippen molar-refractivity contribution in [3.8, 4) is 0 Å². The molecule has 0 spiro atoms. The second-order valence-corrected chi connectivity index (χ2v) is 5.66. The number of nitrogens with one attached hydrogen (secondary N) is 2. The molecule has 0 aliphatic rings. The number of aliphatic hydroxyl groups is 1. The summed E-state index contributed by atoms with van der Waals surface area (Å²) in [6, 6.07) is 7.40. The maximum Gasteiger partial charge on any atom is 0.352 e. The maximum absolute atomic E-state index is 12.1. The number of para-hydroxylation sites is 1. The largest absolute Gasteiger partial charge is 0.477 e. The smallest absolute Gasteiger partial charge is 0.352 e. The molecule has 0 amide bonds.